The van der Waals surface area contributed by atoms with Crippen LogP contribution >= 0.6 is 11.6 Å². The highest BCUT2D eigenvalue weighted by atomic mass is 35.5. The number of benzene rings is 1. The van der Waals surface area contributed by atoms with Crippen molar-refractivity contribution in [3.8, 4) is 5.69 Å². The van der Waals surface area contributed by atoms with E-state index in [1.165, 1.54) is 0 Å². The maximum atomic E-state index is 12.8. The van der Waals surface area contributed by atoms with Crippen LogP contribution < -0.4 is 5.73 Å². The van der Waals surface area contributed by atoms with Gasteiger partial charge >= 0.3 is 0 Å². The second kappa shape index (κ2) is 7.18. The lowest BCUT2D eigenvalue weighted by Crippen LogP contribution is -2.45. The summed E-state index contributed by atoms with van der Waals surface area (Å²) in [4.78, 5) is 14.7. The van der Waals surface area contributed by atoms with Crippen molar-refractivity contribution in [1.29, 1.82) is 0 Å². The third kappa shape index (κ3) is 3.58. The number of hydrogen-bond donors (Lipinski definition) is 1. The maximum absolute atomic E-state index is 12.8. The first kappa shape index (κ1) is 18.0. The van der Waals surface area contributed by atoms with Crippen molar-refractivity contribution in [2.75, 3.05) is 13.1 Å². The average Bonchev–Trinajstić information content (AvgIpc) is 2.89. The molecule has 2 N–H and O–H groups in total. The zero-order valence-corrected chi connectivity index (χ0v) is 15.8. The number of halogens is 1. The summed E-state index contributed by atoms with van der Waals surface area (Å²) in [7, 11) is 0. The van der Waals surface area contributed by atoms with E-state index in [-0.39, 0.29) is 11.9 Å². The SMILES string of the molecule is Cc1nn(-c2ccc(C(=O)N3CCC[C@H]([C@H](C)N)C3)cc2)c(C)c1Cl. The predicted octanol–water partition coefficient (Wildman–Crippen LogP) is 3.34. The number of nitrogens with zero attached hydrogens (tertiary/aromatic N) is 3. The third-order valence-electron chi connectivity index (χ3n) is 5.05. The van der Waals surface area contributed by atoms with Crippen molar-refractivity contribution < 1.29 is 4.79 Å². The molecular weight excluding hydrogens is 336 g/mol. The van der Waals surface area contributed by atoms with E-state index in [1.54, 1.807) is 4.68 Å². The standard InChI is InChI=1S/C19H25ClN4O/c1-12(21)16-5-4-10-23(11-16)19(25)15-6-8-17(9-7-15)24-14(3)18(20)13(2)22-24/h6-9,12,16H,4-5,10-11,21H2,1-3H3/t12-,16-/m0/s1. The summed E-state index contributed by atoms with van der Waals surface area (Å²) in [5.41, 5.74) is 9.32. The van der Waals surface area contributed by atoms with E-state index in [9.17, 15) is 4.79 Å². The Morgan fingerprint density at radius 3 is 2.56 bits per heavy atom. The van der Waals surface area contributed by atoms with Crippen LogP contribution in [0, 0.1) is 19.8 Å². The Bertz CT molecular complexity index is 766. The molecule has 2 aromatic rings. The van der Waals surface area contributed by atoms with Crippen LogP contribution in [-0.4, -0.2) is 39.7 Å². The molecule has 0 unspecified atom stereocenters. The van der Waals surface area contributed by atoms with Gasteiger partial charge in [-0.3, -0.25) is 4.79 Å². The van der Waals surface area contributed by atoms with Gasteiger partial charge in [0.25, 0.3) is 5.91 Å². The lowest BCUT2D eigenvalue weighted by atomic mass is 9.92. The van der Waals surface area contributed by atoms with Gasteiger partial charge in [-0.1, -0.05) is 11.6 Å². The van der Waals surface area contributed by atoms with E-state index < -0.39 is 0 Å². The predicted molar refractivity (Wildman–Crippen MR) is 100 cm³/mol. The van der Waals surface area contributed by atoms with Gasteiger partial charge in [-0.2, -0.15) is 5.10 Å². The lowest BCUT2D eigenvalue weighted by molar-refractivity contribution is 0.0661. The van der Waals surface area contributed by atoms with E-state index in [1.807, 2.05) is 49.9 Å². The molecule has 6 heteroatoms. The van der Waals surface area contributed by atoms with Gasteiger partial charge in [0.1, 0.15) is 0 Å². The molecule has 0 radical (unpaired) electrons. The number of hydrogen-bond acceptors (Lipinski definition) is 3. The second-order valence-corrected chi connectivity index (χ2v) is 7.33. The minimum Gasteiger partial charge on any atom is -0.338 e. The summed E-state index contributed by atoms with van der Waals surface area (Å²) in [5.74, 6) is 0.456. The van der Waals surface area contributed by atoms with E-state index >= 15 is 0 Å². The van der Waals surface area contributed by atoms with Crippen molar-refractivity contribution in [2.45, 2.75) is 39.7 Å². The fraction of sp³-hybridized carbons (Fsp3) is 0.474. The molecule has 1 aliphatic heterocycles. The van der Waals surface area contributed by atoms with E-state index in [2.05, 4.69) is 5.10 Å². The van der Waals surface area contributed by atoms with Crippen LogP contribution in [0.25, 0.3) is 5.69 Å². The van der Waals surface area contributed by atoms with Crippen molar-refractivity contribution in [3.05, 3.63) is 46.2 Å². The minimum absolute atomic E-state index is 0.0725. The Balaban J connectivity index is 1.78. The topological polar surface area (TPSA) is 64.2 Å². The van der Waals surface area contributed by atoms with Crippen LogP contribution in [0.2, 0.25) is 5.02 Å². The Labute approximate surface area is 153 Å². The number of rotatable bonds is 3. The van der Waals surface area contributed by atoms with E-state index in [4.69, 9.17) is 17.3 Å². The molecule has 1 amide bonds. The molecule has 134 valence electrons. The Kier molecular flexibility index (Phi) is 5.16. The molecule has 0 aliphatic carbocycles. The minimum atomic E-state index is 0.0725. The molecule has 0 saturated carbocycles. The van der Waals surface area contributed by atoms with Gasteiger partial charge in [-0.05, 0) is 63.8 Å². The lowest BCUT2D eigenvalue weighted by Gasteiger charge is -2.34. The van der Waals surface area contributed by atoms with Gasteiger partial charge in [0.2, 0.25) is 0 Å². The van der Waals surface area contributed by atoms with Gasteiger partial charge in [-0.25, -0.2) is 4.68 Å². The molecular formula is C19H25ClN4O. The average molecular weight is 361 g/mol. The highest BCUT2D eigenvalue weighted by Gasteiger charge is 2.26. The van der Waals surface area contributed by atoms with Crippen LogP contribution in [0.1, 0.15) is 41.5 Å². The van der Waals surface area contributed by atoms with Gasteiger partial charge in [0, 0.05) is 24.7 Å². The van der Waals surface area contributed by atoms with E-state index in [0.717, 1.165) is 43.0 Å². The van der Waals surface area contributed by atoms with Gasteiger partial charge in [0.05, 0.1) is 22.1 Å². The summed E-state index contributed by atoms with van der Waals surface area (Å²) in [6, 6.07) is 7.66. The van der Waals surface area contributed by atoms with Crippen molar-refractivity contribution in [2.24, 2.45) is 11.7 Å². The summed E-state index contributed by atoms with van der Waals surface area (Å²) in [6.45, 7) is 7.38. The quantitative estimate of drug-likeness (QED) is 0.912. The van der Waals surface area contributed by atoms with Gasteiger partial charge in [0.15, 0.2) is 0 Å². The number of nitrogens with two attached hydrogens (primary N) is 1. The highest BCUT2D eigenvalue weighted by Crippen LogP contribution is 2.24. The fourth-order valence-corrected chi connectivity index (χ4v) is 3.54. The smallest absolute Gasteiger partial charge is 0.253 e. The Morgan fingerprint density at radius 1 is 1.32 bits per heavy atom. The molecule has 5 nitrogen and oxygen atoms in total. The molecule has 2 atom stereocenters. The maximum Gasteiger partial charge on any atom is 0.253 e. The van der Waals surface area contributed by atoms with Crippen LogP contribution in [0.15, 0.2) is 24.3 Å². The molecule has 1 fully saturated rings. The first-order valence-electron chi connectivity index (χ1n) is 8.75. The summed E-state index contributed by atoms with van der Waals surface area (Å²) in [6.07, 6.45) is 2.11. The van der Waals surface area contributed by atoms with Gasteiger partial charge < -0.3 is 10.6 Å². The largest absolute Gasteiger partial charge is 0.338 e. The zero-order valence-electron chi connectivity index (χ0n) is 15.0. The van der Waals surface area contributed by atoms with Crippen LogP contribution in [0.5, 0.6) is 0 Å². The van der Waals surface area contributed by atoms with Crippen LogP contribution in [-0.2, 0) is 0 Å². The number of aromatic nitrogens is 2. The normalized spacial score (nSPS) is 19.1. The zero-order chi connectivity index (χ0) is 18.1. The number of aryl methyl sites for hydroxylation is 1. The first-order chi connectivity index (χ1) is 11.9. The molecule has 2 heterocycles. The summed E-state index contributed by atoms with van der Waals surface area (Å²) in [5, 5.41) is 5.13. The van der Waals surface area contributed by atoms with Crippen molar-refractivity contribution in [1.82, 2.24) is 14.7 Å². The number of carbonyl (C=O) groups is 1. The Morgan fingerprint density at radius 2 is 2.00 bits per heavy atom. The number of piperidine rings is 1. The Hall–Kier alpha value is -1.85. The molecule has 25 heavy (non-hydrogen) atoms. The highest BCUT2D eigenvalue weighted by molar-refractivity contribution is 6.31. The van der Waals surface area contributed by atoms with E-state index in [0.29, 0.717) is 16.5 Å². The monoisotopic (exact) mass is 360 g/mol. The molecule has 1 aliphatic rings. The first-order valence-corrected chi connectivity index (χ1v) is 9.13. The third-order valence-corrected chi connectivity index (χ3v) is 5.60. The molecule has 1 saturated heterocycles. The van der Waals surface area contributed by atoms with Gasteiger partial charge in [-0.15, -0.1) is 0 Å². The molecule has 1 aromatic carbocycles. The molecule has 1 aromatic heterocycles. The molecule has 0 bridgehead atoms. The fourth-order valence-electron chi connectivity index (χ4n) is 3.43. The summed E-state index contributed by atoms with van der Waals surface area (Å²) < 4.78 is 1.80. The summed E-state index contributed by atoms with van der Waals surface area (Å²) >= 11 is 6.22. The second-order valence-electron chi connectivity index (χ2n) is 6.96. The molecule has 0 spiro atoms. The van der Waals surface area contributed by atoms with Crippen molar-refractivity contribution in [3.63, 3.8) is 0 Å². The number of amides is 1. The van der Waals surface area contributed by atoms with Crippen LogP contribution in [0.4, 0.5) is 0 Å². The van der Waals surface area contributed by atoms with Crippen LogP contribution in [0.3, 0.4) is 0 Å². The van der Waals surface area contributed by atoms with Crippen molar-refractivity contribution >= 4 is 17.5 Å². The number of likely N-dealkylation sites (tertiary alicyclic amines) is 1. The number of carbonyl (C=O) groups excluding carboxylic acids is 1. The molecule has 3 rings (SSSR count).